The Bertz CT molecular complexity index is 614. The molecule has 0 atom stereocenters. The van der Waals surface area contributed by atoms with Gasteiger partial charge in [0.15, 0.2) is 5.78 Å². The van der Waals surface area contributed by atoms with Gasteiger partial charge in [-0.2, -0.15) is 0 Å². The van der Waals surface area contributed by atoms with E-state index in [-0.39, 0.29) is 11.6 Å². The number of benzene rings is 2. The first-order valence-electron chi connectivity index (χ1n) is 5.87. The van der Waals surface area contributed by atoms with Crippen molar-refractivity contribution in [2.24, 2.45) is 0 Å². The summed E-state index contributed by atoms with van der Waals surface area (Å²) in [5, 5.41) is 0. The van der Waals surface area contributed by atoms with Crippen LogP contribution in [0.4, 0.5) is 4.39 Å². The minimum absolute atomic E-state index is 0.0475. The Morgan fingerprint density at radius 3 is 2.28 bits per heavy atom. The highest BCUT2D eigenvalue weighted by Gasteiger charge is 2.14. The standard InChI is InChI=1S/C16H15FO/c1-10-4-5-11(2)15(8-10)16(18)14-7-6-13(17)9-12(14)3/h4-9H,1-3H3. The summed E-state index contributed by atoms with van der Waals surface area (Å²) in [6, 6.07) is 10.0. The zero-order valence-corrected chi connectivity index (χ0v) is 10.8. The van der Waals surface area contributed by atoms with E-state index in [2.05, 4.69) is 0 Å². The molecule has 0 aliphatic carbocycles. The van der Waals surface area contributed by atoms with E-state index in [1.807, 2.05) is 32.0 Å². The number of ketones is 1. The molecule has 0 bridgehead atoms. The maximum absolute atomic E-state index is 13.0. The van der Waals surface area contributed by atoms with Crippen molar-refractivity contribution in [3.05, 3.63) is 70.0 Å². The first-order chi connectivity index (χ1) is 8.49. The molecule has 2 rings (SSSR count). The van der Waals surface area contributed by atoms with Crippen molar-refractivity contribution >= 4 is 5.78 Å². The molecule has 0 fully saturated rings. The molecule has 0 unspecified atom stereocenters. The topological polar surface area (TPSA) is 17.1 Å². The molecule has 18 heavy (non-hydrogen) atoms. The van der Waals surface area contributed by atoms with Gasteiger partial charge in [0.2, 0.25) is 0 Å². The second kappa shape index (κ2) is 4.73. The Labute approximate surface area is 106 Å². The Hall–Kier alpha value is -1.96. The fraction of sp³-hybridized carbons (Fsp3) is 0.188. The van der Waals surface area contributed by atoms with Gasteiger partial charge >= 0.3 is 0 Å². The number of aryl methyl sites for hydroxylation is 3. The van der Waals surface area contributed by atoms with E-state index in [1.165, 1.54) is 12.1 Å². The summed E-state index contributed by atoms with van der Waals surface area (Å²) in [5.41, 5.74) is 3.90. The molecule has 2 aromatic rings. The van der Waals surface area contributed by atoms with Crippen molar-refractivity contribution in [1.29, 1.82) is 0 Å². The van der Waals surface area contributed by atoms with Crippen LogP contribution in [0.2, 0.25) is 0 Å². The van der Waals surface area contributed by atoms with Gasteiger partial charge in [-0.25, -0.2) is 4.39 Å². The molecular formula is C16H15FO. The van der Waals surface area contributed by atoms with Gasteiger partial charge in [-0.15, -0.1) is 0 Å². The number of hydrogen-bond acceptors (Lipinski definition) is 1. The summed E-state index contributed by atoms with van der Waals surface area (Å²) in [4.78, 5) is 12.4. The van der Waals surface area contributed by atoms with Crippen LogP contribution in [0.3, 0.4) is 0 Å². The zero-order valence-electron chi connectivity index (χ0n) is 10.8. The number of carbonyl (C=O) groups excluding carboxylic acids is 1. The van der Waals surface area contributed by atoms with Crippen molar-refractivity contribution in [1.82, 2.24) is 0 Å². The van der Waals surface area contributed by atoms with Crippen molar-refractivity contribution < 1.29 is 9.18 Å². The van der Waals surface area contributed by atoms with E-state index in [1.54, 1.807) is 13.0 Å². The van der Waals surface area contributed by atoms with Crippen LogP contribution in [0.5, 0.6) is 0 Å². The van der Waals surface area contributed by atoms with Crippen LogP contribution < -0.4 is 0 Å². The van der Waals surface area contributed by atoms with Crippen LogP contribution in [-0.4, -0.2) is 5.78 Å². The summed E-state index contributed by atoms with van der Waals surface area (Å²) in [6.45, 7) is 5.61. The first-order valence-corrected chi connectivity index (χ1v) is 5.87. The van der Waals surface area contributed by atoms with Crippen molar-refractivity contribution in [3.8, 4) is 0 Å². The van der Waals surface area contributed by atoms with Crippen molar-refractivity contribution in [2.45, 2.75) is 20.8 Å². The molecule has 0 heterocycles. The summed E-state index contributed by atoms with van der Waals surface area (Å²) in [7, 11) is 0. The van der Waals surface area contributed by atoms with Gasteiger partial charge in [0.05, 0.1) is 0 Å². The second-order valence-electron chi connectivity index (χ2n) is 4.61. The van der Waals surface area contributed by atoms with Gasteiger partial charge in [-0.05, 0) is 56.2 Å². The third-order valence-corrected chi connectivity index (χ3v) is 3.07. The zero-order chi connectivity index (χ0) is 13.3. The Kier molecular flexibility index (Phi) is 3.28. The molecule has 0 radical (unpaired) electrons. The van der Waals surface area contributed by atoms with Gasteiger partial charge in [-0.3, -0.25) is 4.79 Å². The summed E-state index contributed by atoms with van der Waals surface area (Å²) < 4.78 is 13.0. The number of halogens is 1. The minimum atomic E-state index is -0.315. The summed E-state index contributed by atoms with van der Waals surface area (Å²) >= 11 is 0. The minimum Gasteiger partial charge on any atom is -0.289 e. The van der Waals surface area contributed by atoms with Gasteiger partial charge in [0, 0.05) is 11.1 Å². The molecule has 0 spiro atoms. The smallest absolute Gasteiger partial charge is 0.193 e. The average molecular weight is 242 g/mol. The highest BCUT2D eigenvalue weighted by molar-refractivity contribution is 6.10. The van der Waals surface area contributed by atoms with Gasteiger partial charge in [0.1, 0.15) is 5.82 Å². The molecule has 0 saturated carbocycles. The maximum atomic E-state index is 13.0. The van der Waals surface area contributed by atoms with Crippen LogP contribution >= 0.6 is 0 Å². The van der Waals surface area contributed by atoms with Crippen LogP contribution in [0, 0.1) is 26.6 Å². The van der Waals surface area contributed by atoms with E-state index in [9.17, 15) is 9.18 Å². The van der Waals surface area contributed by atoms with Crippen LogP contribution in [0.1, 0.15) is 32.6 Å². The molecule has 2 aromatic carbocycles. The molecular weight excluding hydrogens is 227 g/mol. The van der Waals surface area contributed by atoms with E-state index < -0.39 is 0 Å². The Morgan fingerprint density at radius 1 is 0.889 bits per heavy atom. The fourth-order valence-electron chi connectivity index (χ4n) is 2.01. The normalized spacial score (nSPS) is 10.4. The number of rotatable bonds is 2. The van der Waals surface area contributed by atoms with Gasteiger partial charge in [-0.1, -0.05) is 17.7 Å². The predicted molar refractivity (Wildman–Crippen MR) is 70.5 cm³/mol. The molecule has 0 amide bonds. The molecule has 1 nitrogen and oxygen atoms in total. The number of carbonyl (C=O) groups is 1. The predicted octanol–water partition coefficient (Wildman–Crippen LogP) is 3.98. The van der Waals surface area contributed by atoms with Gasteiger partial charge in [0.25, 0.3) is 0 Å². The third-order valence-electron chi connectivity index (χ3n) is 3.07. The second-order valence-corrected chi connectivity index (χ2v) is 4.61. The summed E-state index contributed by atoms with van der Waals surface area (Å²) in [5.74, 6) is -0.362. The lowest BCUT2D eigenvalue weighted by molar-refractivity contribution is 0.103. The van der Waals surface area contributed by atoms with E-state index in [4.69, 9.17) is 0 Å². The highest BCUT2D eigenvalue weighted by Crippen LogP contribution is 2.19. The largest absolute Gasteiger partial charge is 0.289 e. The highest BCUT2D eigenvalue weighted by atomic mass is 19.1. The van der Waals surface area contributed by atoms with Crippen LogP contribution in [0.15, 0.2) is 36.4 Å². The molecule has 0 saturated heterocycles. The monoisotopic (exact) mass is 242 g/mol. The number of hydrogen-bond donors (Lipinski definition) is 0. The van der Waals surface area contributed by atoms with E-state index in [0.29, 0.717) is 16.7 Å². The molecule has 2 heteroatoms. The lowest BCUT2D eigenvalue weighted by Crippen LogP contribution is -2.06. The van der Waals surface area contributed by atoms with Crippen LogP contribution in [0.25, 0.3) is 0 Å². The quantitative estimate of drug-likeness (QED) is 0.728. The lowest BCUT2D eigenvalue weighted by Gasteiger charge is -2.08. The molecule has 0 aliphatic heterocycles. The first kappa shape index (κ1) is 12.5. The molecule has 92 valence electrons. The fourth-order valence-corrected chi connectivity index (χ4v) is 2.01. The third kappa shape index (κ3) is 2.33. The molecule has 0 aliphatic rings. The van der Waals surface area contributed by atoms with E-state index in [0.717, 1.165) is 11.1 Å². The van der Waals surface area contributed by atoms with Crippen LogP contribution in [-0.2, 0) is 0 Å². The maximum Gasteiger partial charge on any atom is 0.193 e. The summed E-state index contributed by atoms with van der Waals surface area (Å²) in [6.07, 6.45) is 0. The molecule has 0 aromatic heterocycles. The Balaban J connectivity index is 2.51. The molecule has 0 N–H and O–H groups in total. The lowest BCUT2D eigenvalue weighted by atomic mass is 9.95. The SMILES string of the molecule is Cc1ccc(C)c(C(=O)c2ccc(F)cc2C)c1. The average Bonchev–Trinajstić information content (AvgIpc) is 2.31. The van der Waals surface area contributed by atoms with E-state index >= 15 is 0 Å². The van der Waals surface area contributed by atoms with Gasteiger partial charge < -0.3 is 0 Å². The van der Waals surface area contributed by atoms with Crippen molar-refractivity contribution in [3.63, 3.8) is 0 Å². The van der Waals surface area contributed by atoms with Crippen molar-refractivity contribution in [2.75, 3.05) is 0 Å². The Morgan fingerprint density at radius 2 is 1.61 bits per heavy atom.